The van der Waals surface area contributed by atoms with Crippen LogP contribution < -0.4 is 5.32 Å². The van der Waals surface area contributed by atoms with Gasteiger partial charge in [-0.1, -0.05) is 6.92 Å². The van der Waals surface area contributed by atoms with Gasteiger partial charge in [-0.05, 0) is 38.6 Å². The molecule has 1 fully saturated rings. The molecule has 0 aromatic heterocycles. The maximum atomic E-state index is 11.9. The van der Waals surface area contributed by atoms with Crippen LogP contribution in [0.3, 0.4) is 0 Å². The average molecular weight is 269 g/mol. The van der Waals surface area contributed by atoms with Crippen LogP contribution >= 0.6 is 0 Å². The van der Waals surface area contributed by atoms with E-state index < -0.39 is 0 Å². The normalized spacial score (nSPS) is 23.2. The zero-order valence-corrected chi connectivity index (χ0v) is 12.6. The second kappa shape index (κ2) is 7.48. The van der Waals surface area contributed by atoms with Gasteiger partial charge < -0.3 is 10.2 Å². The van der Waals surface area contributed by atoms with Crippen molar-refractivity contribution in [2.24, 2.45) is 5.92 Å². The summed E-state index contributed by atoms with van der Waals surface area (Å²) in [7, 11) is 5.24. The zero-order valence-electron chi connectivity index (χ0n) is 12.6. The first kappa shape index (κ1) is 16.0. The number of likely N-dealkylation sites (N-methyl/N-ethyl adjacent to an activating group) is 2. The first-order valence-electron chi connectivity index (χ1n) is 7.06. The van der Waals surface area contributed by atoms with Crippen molar-refractivity contribution in [1.82, 2.24) is 15.1 Å². The Morgan fingerprint density at radius 2 is 1.63 bits per heavy atom. The Labute approximate surface area is 116 Å². The van der Waals surface area contributed by atoms with Gasteiger partial charge in [-0.3, -0.25) is 14.5 Å². The highest BCUT2D eigenvalue weighted by Crippen LogP contribution is 2.23. The van der Waals surface area contributed by atoms with Crippen molar-refractivity contribution in [1.29, 1.82) is 0 Å². The van der Waals surface area contributed by atoms with E-state index in [1.165, 1.54) is 17.7 Å². The molecule has 1 saturated carbocycles. The van der Waals surface area contributed by atoms with Gasteiger partial charge in [-0.25, -0.2) is 0 Å². The Hall–Kier alpha value is -1.10. The minimum Gasteiger partial charge on any atom is -0.352 e. The van der Waals surface area contributed by atoms with Crippen LogP contribution in [-0.2, 0) is 9.59 Å². The third-order valence-corrected chi connectivity index (χ3v) is 3.70. The van der Waals surface area contributed by atoms with Crippen LogP contribution in [0, 0.1) is 5.92 Å². The molecule has 0 aromatic rings. The maximum absolute atomic E-state index is 11.9. The highest BCUT2D eigenvalue weighted by molar-refractivity contribution is 5.81. The molecule has 5 nitrogen and oxygen atoms in total. The number of hydrogen-bond acceptors (Lipinski definition) is 3. The molecule has 0 spiro atoms. The van der Waals surface area contributed by atoms with Crippen molar-refractivity contribution >= 4 is 11.8 Å². The molecule has 0 unspecified atom stereocenters. The molecular formula is C14H27N3O2. The quantitative estimate of drug-likeness (QED) is 0.799. The van der Waals surface area contributed by atoms with E-state index in [0.29, 0.717) is 6.04 Å². The van der Waals surface area contributed by atoms with E-state index in [1.807, 2.05) is 0 Å². The molecule has 0 aromatic carbocycles. The van der Waals surface area contributed by atoms with Crippen LogP contribution in [0.25, 0.3) is 0 Å². The van der Waals surface area contributed by atoms with E-state index >= 15 is 0 Å². The van der Waals surface area contributed by atoms with Crippen molar-refractivity contribution in [2.75, 3.05) is 34.2 Å². The second-order valence-corrected chi connectivity index (χ2v) is 5.98. The fourth-order valence-electron chi connectivity index (χ4n) is 2.35. The minimum atomic E-state index is 0.0155. The SMILES string of the molecule is CC1CCC(NC(=O)CN(C)CC(=O)N(C)C)CC1. The molecule has 1 rings (SSSR count). The Morgan fingerprint density at radius 1 is 1.05 bits per heavy atom. The molecule has 0 bridgehead atoms. The number of nitrogens with zero attached hydrogens (tertiary/aromatic N) is 2. The molecule has 5 heteroatoms. The zero-order chi connectivity index (χ0) is 14.4. The van der Waals surface area contributed by atoms with Crippen molar-refractivity contribution in [3.05, 3.63) is 0 Å². The number of amides is 2. The summed E-state index contributed by atoms with van der Waals surface area (Å²) in [5.41, 5.74) is 0. The van der Waals surface area contributed by atoms with Gasteiger partial charge >= 0.3 is 0 Å². The van der Waals surface area contributed by atoms with Gasteiger partial charge in [0.05, 0.1) is 13.1 Å². The van der Waals surface area contributed by atoms with Gasteiger partial charge in [0.2, 0.25) is 11.8 Å². The summed E-state index contributed by atoms with van der Waals surface area (Å²) in [6.45, 7) is 2.83. The lowest BCUT2D eigenvalue weighted by Crippen LogP contribution is -2.44. The van der Waals surface area contributed by atoms with Gasteiger partial charge in [0.25, 0.3) is 0 Å². The molecule has 19 heavy (non-hydrogen) atoms. The van der Waals surface area contributed by atoms with E-state index in [1.54, 1.807) is 26.0 Å². The number of nitrogens with one attached hydrogen (secondary N) is 1. The molecule has 0 aliphatic heterocycles. The standard InChI is InChI=1S/C14H27N3O2/c1-11-5-7-12(8-6-11)15-13(18)9-17(4)10-14(19)16(2)3/h11-12H,5-10H2,1-4H3,(H,15,18). The third kappa shape index (κ3) is 6.05. The second-order valence-electron chi connectivity index (χ2n) is 5.98. The smallest absolute Gasteiger partial charge is 0.236 e. The van der Waals surface area contributed by atoms with Gasteiger partial charge in [-0.15, -0.1) is 0 Å². The molecule has 0 atom stereocenters. The van der Waals surface area contributed by atoms with Crippen LogP contribution in [0.15, 0.2) is 0 Å². The molecule has 0 saturated heterocycles. The predicted octanol–water partition coefficient (Wildman–Crippen LogP) is 0.701. The summed E-state index contributed by atoms with van der Waals surface area (Å²) in [5.74, 6) is 0.823. The van der Waals surface area contributed by atoms with Crippen LogP contribution in [0.4, 0.5) is 0 Å². The molecule has 0 radical (unpaired) electrons. The number of rotatable bonds is 5. The molecule has 0 heterocycles. The summed E-state index contributed by atoms with van der Waals surface area (Å²) in [6.07, 6.45) is 4.54. The molecule has 1 aliphatic rings. The molecule has 1 N–H and O–H groups in total. The lowest BCUT2D eigenvalue weighted by atomic mass is 9.87. The Bertz CT molecular complexity index is 310. The van der Waals surface area contributed by atoms with E-state index in [9.17, 15) is 9.59 Å². The van der Waals surface area contributed by atoms with Gasteiger partial charge in [0.15, 0.2) is 0 Å². The highest BCUT2D eigenvalue weighted by Gasteiger charge is 2.20. The van der Waals surface area contributed by atoms with Gasteiger partial charge in [-0.2, -0.15) is 0 Å². The molecule has 1 aliphatic carbocycles. The van der Waals surface area contributed by atoms with Crippen LogP contribution in [0.1, 0.15) is 32.6 Å². The Morgan fingerprint density at radius 3 is 2.16 bits per heavy atom. The number of hydrogen-bond donors (Lipinski definition) is 1. The van der Waals surface area contributed by atoms with Crippen LogP contribution in [-0.4, -0.2) is 61.9 Å². The summed E-state index contributed by atoms with van der Waals surface area (Å²) in [5, 5.41) is 3.07. The maximum Gasteiger partial charge on any atom is 0.236 e. The van der Waals surface area contributed by atoms with Gasteiger partial charge in [0.1, 0.15) is 0 Å². The van der Waals surface area contributed by atoms with E-state index in [0.717, 1.165) is 18.8 Å². The fraction of sp³-hybridized carbons (Fsp3) is 0.857. The third-order valence-electron chi connectivity index (χ3n) is 3.70. The fourth-order valence-corrected chi connectivity index (χ4v) is 2.35. The monoisotopic (exact) mass is 269 g/mol. The summed E-state index contributed by atoms with van der Waals surface area (Å²) in [4.78, 5) is 26.7. The van der Waals surface area contributed by atoms with Crippen molar-refractivity contribution in [2.45, 2.75) is 38.6 Å². The number of carbonyl (C=O) groups excluding carboxylic acids is 2. The van der Waals surface area contributed by atoms with E-state index in [-0.39, 0.29) is 24.9 Å². The van der Waals surface area contributed by atoms with Crippen LogP contribution in [0.5, 0.6) is 0 Å². The lowest BCUT2D eigenvalue weighted by molar-refractivity contribution is -0.130. The first-order valence-corrected chi connectivity index (χ1v) is 7.06. The topological polar surface area (TPSA) is 52.7 Å². The molecule has 110 valence electrons. The van der Waals surface area contributed by atoms with E-state index in [2.05, 4.69) is 12.2 Å². The lowest BCUT2D eigenvalue weighted by Gasteiger charge is -2.27. The summed E-state index contributed by atoms with van der Waals surface area (Å²) < 4.78 is 0. The largest absolute Gasteiger partial charge is 0.352 e. The van der Waals surface area contributed by atoms with Gasteiger partial charge in [0, 0.05) is 20.1 Å². The van der Waals surface area contributed by atoms with Crippen LogP contribution in [0.2, 0.25) is 0 Å². The van der Waals surface area contributed by atoms with Crippen molar-refractivity contribution < 1.29 is 9.59 Å². The molecule has 2 amide bonds. The summed E-state index contributed by atoms with van der Waals surface area (Å²) >= 11 is 0. The van der Waals surface area contributed by atoms with E-state index in [4.69, 9.17) is 0 Å². The van der Waals surface area contributed by atoms with Crippen molar-refractivity contribution in [3.8, 4) is 0 Å². The first-order chi connectivity index (χ1) is 8.88. The number of carbonyl (C=O) groups is 2. The predicted molar refractivity (Wildman–Crippen MR) is 75.8 cm³/mol. The minimum absolute atomic E-state index is 0.0155. The van der Waals surface area contributed by atoms with Crippen molar-refractivity contribution in [3.63, 3.8) is 0 Å². The highest BCUT2D eigenvalue weighted by atomic mass is 16.2. The summed E-state index contributed by atoms with van der Waals surface area (Å²) in [6, 6.07) is 0.321. The molecular weight excluding hydrogens is 242 g/mol. The average Bonchev–Trinajstić information content (AvgIpc) is 2.31. The Balaban J connectivity index is 2.25. The Kier molecular flexibility index (Phi) is 6.28.